The van der Waals surface area contributed by atoms with E-state index in [1.165, 1.54) is 5.56 Å². The van der Waals surface area contributed by atoms with Crippen LogP contribution in [0, 0.1) is 0 Å². The van der Waals surface area contributed by atoms with Crippen molar-refractivity contribution in [3.05, 3.63) is 46.5 Å². The van der Waals surface area contributed by atoms with E-state index in [1.54, 1.807) is 0 Å². The first-order chi connectivity index (χ1) is 7.19. The maximum absolute atomic E-state index is 5.98. The molecule has 0 aliphatic rings. The van der Waals surface area contributed by atoms with Crippen LogP contribution >= 0.6 is 23.2 Å². The van der Waals surface area contributed by atoms with E-state index in [0.717, 1.165) is 13.0 Å². The van der Waals surface area contributed by atoms with Gasteiger partial charge in [0.15, 0.2) is 0 Å². The first-order valence-electron chi connectivity index (χ1n) is 4.89. The van der Waals surface area contributed by atoms with Crippen molar-refractivity contribution in [2.75, 3.05) is 13.6 Å². The molecular weight excluding hydrogens is 229 g/mol. The molecule has 82 valence electrons. The van der Waals surface area contributed by atoms with Gasteiger partial charge >= 0.3 is 0 Å². The Kier molecular flexibility index (Phi) is 5.16. The van der Waals surface area contributed by atoms with Gasteiger partial charge in [-0.1, -0.05) is 35.3 Å². The van der Waals surface area contributed by atoms with E-state index in [0.29, 0.717) is 16.0 Å². The molecular formula is C12H15Cl2N. The zero-order chi connectivity index (χ0) is 11.3. The number of nitrogens with one attached hydrogen (secondary N) is 1. The highest BCUT2D eigenvalue weighted by atomic mass is 35.5. The molecule has 0 spiro atoms. The van der Waals surface area contributed by atoms with Crippen molar-refractivity contribution in [1.29, 1.82) is 0 Å². The van der Waals surface area contributed by atoms with Gasteiger partial charge in [0.05, 0.1) is 10.0 Å². The maximum atomic E-state index is 5.98. The average molecular weight is 244 g/mol. The summed E-state index contributed by atoms with van der Waals surface area (Å²) in [5.74, 6) is 0.405. The topological polar surface area (TPSA) is 12.0 Å². The summed E-state index contributed by atoms with van der Waals surface area (Å²) in [6, 6.07) is 5.78. The van der Waals surface area contributed by atoms with Gasteiger partial charge in [0, 0.05) is 6.54 Å². The van der Waals surface area contributed by atoms with Gasteiger partial charge in [-0.2, -0.15) is 0 Å². The van der Waals surface area contributed by atoms with Crippen LogP contribution in [0.5, 0.6) is 0 Å². The minimum absolute atomic E-state index is 0.405. The molecule has 0 amide bonds. The maximum Gasteiger partial charge on any atom is 0.0595 e. The second kappa shape index (κ2) is 6.16. The normalized spacial score (nSPS) is 12.5. The fourth-order valence-corrected chi connectivity index (χ4v) is 1.86. The molecule has 1 atom stereocenters. The van der Waals surface area contributed by atoms with Crippen LogP contribution in [-0.4, -0.2) is 13.6 Å². The summed E-state index contributed by atoms with van der Waals surface area (Å²) in [7, 11) is 1.94. The lowest BCUT2D eigenvalue weighted by atomic mass is 9.96. The summed E-state index contributed by atoms with van der Waals surface area (Å²) in [5, 5.41) is 4.37. The van der Waals surface area contributed by atoms with E-state index in [4.69, 9.17) is 23.2 Å². The fraction of sp³-hybridized carbons (Fsp3) is 0.333. The molecule has 3 heteroatoms. The first-order valence-corrected chi connectivity index (χ1v) is 5.65. The minimum atomic E-state index is 0.405. The highest BCUT2D eigenvalue weighted by Gasteiger charge is 2.10. The van der Waals surface area contributed by atoms with Crippen LogP contribution in [0.4, 0.5) is 0 Å². The predicted octanol–water partition coefficient (Wildman–Crippen LogP) is 3.87. The summed E-state index contributed by atoms with van der Waals surface area (Å²) < 4.78 is 0. The molecule has 15 heavy (non-hydrogen) atoms. The van der Waals surface area contributed by atoms with Crippen molar-refractivity contribution in [3.63, 3.8) is 0 Å². The molecule has 1 nitrogen and oxygen atoms in total. The van der Waals surface area contributed by atoms with E-state index >= 15 is 0 Å². The Bertz CT molecular complexity index is 336. The Labute approximate surface area is 101 Å². The van der Waals surface area contributed by atoms with Crippen LogP contribution in [0.25, 0.3) is 0 Å². The minimum Gasteiger partial charge on any atom is -0.319 e. The Morgan fingerprint density at radius 2 is 2.13 bits per heavy atom. The van der Waals surface area contributed by atoms with Gasteiger partial charge in [-0.05, 0) is 37.1 Å². The number of allylic oxidation sites excluding steroid dienone is 1. The quantitative estimate of drug-likeness (QED) is 0.775. The summed E-state index contributed by atoms with van der Waals surface area (Å²) in [4.78, 5) is 0. The van der Waals surface area contributed by atoms with Crippen LogP contribution in [-0.2, 0) is 0 Å². The van der Waals surface area contributed by atoms with Crippen LogP contribution in [0.15, 0.2) is 30.9 Å². The lowest BCUT2D eigenvalue weighted by molar-refractivity contribution is 0.636. The molecule has 0 saturated carbocycles. The molecule has 0 saturated heterocycles. The van der Waals surface area contributed by atoms with Gasteiger partial charge in [0.2, 0.25) is 0 Å². The van der Waals surface area contributed by atoms with E-state index < -0.39 is 0 Å². The molecule has 1 aromatic rings. The zero-order valence-electron chi connectivity index (χ0n) is 8.76. The second-order valence-electron chi connectivity index (χ2n) is 3.45. The lowest BCUT2D eigenvalue weighted by Gasteiger charge is -2.15. The van der Waals surface area contributed by atoms with Crippen molar-refractivity contribution in [2.24, 2.45) is 0 Å². The summed E-state index contributed by atoms with van der Waals surface area (Å²) in [6.45, 7) is 4.67. The van der Waals surface area contributed by atoms with Crippen LogP contribution < -0.4 is 5.32 Å². The summed E-state index contributed by atoms with van der Waals surface area (Å²) in [6.07, 6.45) is 2.85. The molecule has 0 heterocycles. The van der Waals surface area contributed by atoms with Gasteiger partial charge in [0.25, 0.3) is 0 Å². The van der Waals surface area contributed by atoms with Crippen LogP contribution in [0.1, 0.15) is 17.9 Å². The number of hydrogen-bond donors (Lipinski definition) is 1. The van der Waals surface area contributed by atoms with Gasteiger partial charge in [-0.3, -0.25) is 0 Å². The fourth-order valence-electron chi connectivity index (χ4n) is 1.55. The van der Waals surface area contributed by atoms with Gasteiger partial charge in [-0.15, -0.1) is 6.58 Å². The summed E-state index contributed by atoms with van der Waals surface area (Å²) >= 11 is 11.9. The third-order valence-corrected chi connectivity index (χ3v) is 3.06. The van der Waals surface area contributed by atoms with Gasteiger partial charge in [-0.25, -0.2) is 0 Å². The molecule has 0 radical (unpaired) electrons. The molecule has 0 unspecified atom stereocenters. The van der Waals surface area contributed by atoms with Crippen molar-refractivity contribution < 1.29 is 0 Å². The molecule has 1 aromatic carbocycles. The molecule has 1 N–H and O–H groups in total. The largest absolute Gasteiger partial charge is 0.319 e. The molecule has 0 aliphatic heterocycles. The SMILES string of the molecule is C=CC[C@H](CNC)c1ccc(Cl)c(Cl)c1. The number of halogens is 2. The summed E-state index contributed by atoms with van der Waals surface area (Å²) in [5.41, 5.74) is 1.19. The number of benzene rings is 1. The highest BCUT2D eigenvalue weighted by molar-refractivity contribution is 6.42. The Hall–Kier alpha value is -0.500. The Balaban J connectivity index is 2.89. The number of hydrogen-bond acceptors (Lipinski definition) is 1. The van der Waals surface area contributed by atoms with E-state index in [-0.39, 0.29) is 0 Å². The zero-order valence-corrected chi connectivity index (χ0v) is 10.3. The average Bonchev–Trinajstić information content (AvgIpc) is 2.22. The molecule has 1 rings (SSSR count). The number of likely N-dealkylation sites (N-methyl/N-ethyl adjacent to an activating group) is 1. The van der Waals surface area contributed by atoms with Crippen molar-refractivity contribution in [1.82, 2.24) is 5.32 Å². The van der Waals surface area contributed by atoms with Crippen molar-refractivity contribution in [3.8, 4) is 0 Å². The third-order valence-electron chi connectivity index (χ3n) is 2.32. The Morgan fingerprint density at radius 1 is 1.40 bits per heavy atom. The number of rotatable bonds is 5. The van der Waals surface area contributed by atoms with Crippen LogP contribution in [0.3, 0.4) is 0 Å². The van der Waals surface area contributed by atoms with E-state index in [1.807, 2.05) is 31.3 Å². The Morgan fingerprint density at radius 3 is 2.67 bits per heavy atom. The smallest absolute Gasteiger partial charge is 0.0595 e. The van der Waals surface area contributed by atoms with Gasteiger partial charge in [0.1, 0.15) is 0 Å². The monoisotopic (exact) mass is 243 g/mol. The van der Waals surface area contributed by atoms with Crippen LogP contribution in [0.2, 0.25) is 10.0 Å². The van der Waals surface area contributed by atoms with E-state index in [9.17, 15) is 0 Å². The lowest BCUT2D eigenvalue weighted by Crippen LogP contribution is -2.16. The van der Waals surface area contributed by atoms with E-state index in [2.05, 4.69) is 11.9 Å². The van der Waals surface area contributed by atoms with Gasteiger partial charge < -0.3 is 5.32 Å². The predicted molar refractivity (Wildman–Crippen MR) is 67.9 cm³/mol. The highest BCUT2D eigenvalue weighted by Crippen LogP contribution is 2.27. The molecule has 0 aromatic heterocycles. The third kappa shape index (κ3) is 3.53. The molecule has 0 fully saturated rings. The molecule has 0 bridgehead atoms. The molecule has 0 aliphatic carbocycles. The van der Waals surface area contributed by atoms with Crippen molar-refractivity contribution >= 4 is 23.2 Å². The van der Waals surface area contributed by atoms with Crippen molar-refractivity contribution in [2.45, 2.75) is 12.3 Å². The first kappa shape index (κ1) is 12.6. The second-order valence-corrected chi connectivity index (χ2v) is 4.27. The standard InChI is InChI=1S/C12H15Cl2N/c1-3-4-10(8-15-2)9-5-6-11(13)12(14)7-9/h3,5-7,10,15H,1,4,8H2,2H3/t10-/m1/s1.